The van der Waals surface area contributed by atoms with E-state index in [0.717, 1.165) is 13.1 Å². The highest BCUT2D eigenvalue weighted by molar-refractivity contribution is 4.68. The monoisotopic (exact) mass is 199 g/mol. The van der Waals surface area contributed by atoms with Crippen molar-refractivity contribution in [3.8, 4) is 0 Å². The van der Waals surface area contributed by atoms with Crippen LogP contribution in [0.2, 0.25) is 0 Å². The van der Waals surface area contributed by atoms with Gasteiger partial charge in [0.2, 0.25) is 0 Å². The van der Waals surface area contributed by atoms with E-state index < -0.39 is 0 Å². The molecule has 0 saturated carbocycles. The molecule has 0 heterocycles. The van der Waals surface area contributed by atoms with Crippen molar-refractivity contribution >= 4 is 0 Å². The molecule has 1 N–H and O–H groups in total. The molecule has 0 radical (unpaired) electrons. The normalized spacial score (nSPS) is 13.3. The van der Waals surface area contributed by atoms with E-state index in [9.17, 15) is 0 Å². The molecule has 0 aromatic heterocycles. The van der Waals surface area contributed by atoms with Crippen molar-refractivity contribution < 1.29 is 0 Å². The summed E-state index contributed by atoms with van der Waals surface area (Å²) in [6.07, 6.45) is 3.82. The van der Waals surface area contributed by atoms with Gasteiger partial charge in [0.25, 0.3) is 0 Å². The Morgan fingerprint density at radius 3 is 1.79 bits per heavy atom. The highest BCUT2D eigenvalue weighted by Gasteiger charge is 2.14. The first kappa shape index (κ1) is 14.0. The molecule has 0 unspecified atom stereocenters. The Kier molecular flexibility index (Phi) is 5.73. The molecule has 0 aromatic rings. The molecule has 1 heteroatoms. The van der Waals surface area contributed by atoms with Crippen LogP contribution in [0.1, 0.15) is 60.8 Å². The van der Waals surface area contributed by atoms with E-state index in [4.69, 9.17) is 0 Å². The first-order valence-corrected chi connectivity index (χ1v) is 5.97. The van der Waals surface area contributed by atoms with Gasteiger partial charge in [-0.2, -0.15) is 0 Å². The molecule has 0 rings (SSSR count). The molecule has 0 saturated heterocycles. The average Bonchev–Trinajstić information content (AvgIpc) is 2.01. The van der Waals surface area contributed by atoms with E-state index in [1.54, 1.807) is 0 Å². The lowest BCUT2D eigenvalue weighted by atomic mass is 9.86. The Balaban J connectivity index is 3.39. The zero-order valence-electron chi connectivity index (χ0n) is 11.0. The van der Waals surface area contributed by atoms with Crippen molar-refractivity contribution in [2.45, 2.75) is 60.8 Å². The molecule has 0 amide bonds. The molecule has 0 aliphatic carbocycles. The summed E-state index contributed by atoms with van der Waals surface area (Å²) in [6.45, 7) is 16.2. The molecule has 0 atom stereocenters. The van der Waals surface area contributed by atoms with Crippen LogP contribution in [-0.4, -0.2) is 13.1 Å². The molecule has 0 bridgehead atoms. The van der Waals surface area contributed by atoms with Crippen LogP contribution in [0.5, 0.6) is 0 Å². The van der Waals surface area contributed by atoms with Crippen LogP contribution in [0.25, 0.3) is 0 Å². The van der Waals surface area contributed by atoms with E-state index in [0.29, 0.717) is 10.8 Å². The SMILES string of the molecule is CCC(C)(C)CCNCCC(C)(C)C. The number of rotatable bonds is 6. The van der Waals surface area contributed by atoms with Gasteiger partial charge in [-0.15, -0.1) is 0 Å². The first-order chi connectivity index (χ1) is 6.27. The van der Waals surface area contributed by atoms with Crippen molar-refractivity contribution in [1.82, 2.24) is 5.32 Å². The van der Waals surface area contributed by atoms with Crippen LogP contribution in [0.4, 0.5) is 0 Å². The van der Waals surface area contributed by atoms with Gasteiger partial charge >= 0.3 is 0 Å². The topological polar surface area (TPSA) is 12.0 Å². The van der Waals surface area contributed by atoms with Crippen molar-refractivity contribution in [3.05, 3.63) is 0 Å². The maximum Gasteiger partial charge on any atom is -0.00438 e. The van der Waals surface area contributed by atoms with Crippen molar-refractivity contribution in [2.75, 3.05) is 13.1 Å². The Bertz CT molecular complexity index is 142. The van der Waals surface area contributed by atoms with Crippen LogP contribution in [-0.2, 0) is 0 Å². The van der Waals surface area contributed by atoms with Gasteiger partial charge in [0, 0.05) is 0 Å². The maximum atomic E-state index is 3.53. The van der Waals surface area contributed by atoms with Crippen LogP contribution >= 0.6 is 0 Å². The Hall–Kier alpha value is -0.0400. The van der Waals surface area contributed by atoms with Gasteiger partial charge < -0.3 is 5.32 Å². The lowest BCUT2D eigenvalue weighted by Crippen LogP contribution is -2.25. The molecule has 0 aliphatic rings. The van der Waals surface area contributed by atoms with E-state index in [1.165, 1.54) is 19.3 Å². The fourth-order valence-electron chi connectivity index (χ4n) is 1.19. The highest BCUT2D eigenvalue weighted by Crippen LogP contribution is 2.23. The highest BCUT2D eigenvalue weighted by atomic mass is 14.8. The van der Waals surface area contributed by atoms with Crippen molar-refractivity contribution in [1.29, 1.82) is 0 Å². The molecule has 86 valence electrons. The van der Waals surface area contributed by atoms with Gasteiger partial charge in [0.05, 0.1) is 0 Å². The lowest BCUT2D eigenvalue weighted by Gasteiger charge is -2.23. The number of hydrogen-bond donors (Lipinski definition) is 1. The lowest BCUT2D eigenvalue weighted by molar-refractivity contribution is 0.307. The summed E-state index contributed by atoms with van der Waals surface area (Å²) < 4.78 is 0. The molecular weight excluding hydrogens is 170 g/mol. The van der Waals surface area contributed by atoms with Gasteiger partial charge in [-0.3, -0.25) is 0 Å². The largest absolute Gasteiger partial charge is 0.317 e. The second-order valence-electron chi connectivity index (χ2n) is 6.33. The minimum Gasteiger partial charge on any atom is -0.317 e. The second kappa shape index (κ2) is 5.75. The van der Waals surface area contributed by atoms with Gasteiger partial charge in [0.1, 0.15) is 0 Å². The summed E-state index contributed by atoms with van der Waals surface area (Å²) in [6, 6.07) is 0. The molecule has 1 nitrogen and oxygen atoms in total. The smallest absolute Gasteiger partial charge is 0.00438 e. The third kappa shape index (κ3) is 8.55. The number of nitrogens with one attached hydrogen (secondary N) is 1. The predicted molar refractivity (Wildman–Crippen MR) is 65.6 cm³/mol. The Morgan fingerprint density at radius 2 is 1.36 bits per heavy atom. The maximum absolute atomic E-state index is 3.53. The summed E-state index contributed by atoms with van der Waals surface area (Å²) in [5.74, 6) is 0. The molecular formula is C13H29N. The van der Waals surface area contributed by atoms with Gasteiger partial charge in [-0.05, 0) is 36.8 Å². The molecule has 0 aromatic carbocycles. The first-order valence-electron chi connectivity index (χ1n) is 5.97. The van der Waals surface area contributed by atoms with Crippen LogP contribution in [0.3, 0.4) is 0 Å². The predicted octanol–water partition coefficient (Wildman–Crippen LogP) is 3.84. The summed E-state index contributed by atoms with van der Waals surface area (Å²) in [4.78, 5) is 0. The van der Waals surface area contributed by atoms with Crippen LogP contribution in [0, 0.1) is 10.8 Å². The van der Waals surface area contributed by atoms with E-state index in [1.807, 2.05) is 0 Å². The van der Waals surface area contributed by atoms with Gasteiger partial charge in [-0.1, -0.05) is 48.0 Å². The van der Waals surface area contributed by atoms with Crippen molar-refractivity contribution in [3.63, 3.8) is 0 Å². The third-order valence-corrected chi connectivity index (χ3v) is 2.99. The summed E-state index contributed by atoms with van der Waals surface area (Å²) in [5, 5.41) is 3.53. The summed E-state index contributed by atoms with van der Waals surface area (Å²) in [7, 11) is 0. The van der Waals surface area contributed by atoms with E-state index >= 15 is 0 Å². The van der Waals surface area contributed by atoms with E-state index in [-0.39, 0.29) is 0 Å². The Morgan fingerprint density at radius 1 is 0.857 bits per heavy atom. The van der Waals surface area contributed by atoms with Gasteiger partial charge in [-0.25, -0.2) is 0 Å². The minimum absolute atomic E-state index is 0.466. The summed E-state index contributed by atoms with van der Waals surface area (Å²) >= 11 is 0. The molecule has 0 spiro atoms. The molecule has 14 heavy (non-hydrogen) atoms. The zero-order chi connectivity index (χ0) is 11.2. The minimum atomic E-state index is 0.466. The van der Waals surface area contributed by atoms with Crippen LogP contribution < -0.4 is 5.32 Å². The Labute approximate surface area is 90.7 Å². The fraction of sp³-hybridized carbons (Fsp3) is 1.00. The van der Waals surface area contributed by atoms with Crippen LogP contribution in [0.15, 0.2) is 0 Å². The standard InChI is InChI=1S/C13H29N/c1-7-13(5,6)9-11-14-10-8-12(2,3)4/h14H,7-11H2,1-6H3. The van der Waals surface area contributed by atoms with Crippen molar-refractivity contribution in [2.24, 2.45) is 10.8 Å². The fourth-order valence-corrected chi connectivity index (χ4v) is 1.19. The zero-order valence-corrected chi connectivity index (χ0v) is 11.0. The molecule has 0 fully saturated rings. The van der Waals surface area contributed by atoms with E-state index in [2.05, 4.69) is 46.9 Å². The summed E-state index contributed by atoms with van der Waals surface area (Å²) in [5.41, 5.74) is 0.974. The molecule has 0 aliphatic heterocycles. The second-order valence-corrected chi connectivity index (χ2v) is 6.33. The number of hydrogen-bond acceptors (Lipinski definition) is 1. The van der Waals surface area contributed by atoms with Gasteiger partial charge in [0.15, 0.2) is 0 Å². The quantitative estimate of drug-likeness (QED) is 0.641. The average molecular weight is 199 g/mol. The third-order valence-electron chi connectivity index (χ3n) is 2.99.